The van der Waals surface area contributed by atoms with Crippen LogP contribution in [0.4, 0.5) is 4.39 Å². The maximum Gasteiger partial charge on any atom is 0.282 e. The van der Waals surface area contributed by atoms with Crippen molar-refractivity contribution in [1.82, 2.24) is 0 Å². The third-order valence-corrected chi connectivity index (χ3v) is 2.85. The second-order valence-corrected chi connectivity index (χ2v) is 4.11. The Kier molecular flexibility index (Phi) is 3.29. The molecular weight excluding hydrogens is 231 g/mol. The molecule has 1 aliphatic heterocycles. The number of amidine groups is 1. The number of ether oxygens (including phenoxy) is 1. The lowest BCUT2D eigenvalue weighted by Gasteiger charge is -2.06. The molecule has 0 radical (unpaired) electrons. The summed E-state index contributed by atoms with van der Waals surface area (Å²) in [6, 6.07) is 4.75. The summed E-state index contributed by atoms with van der Waals surface area (Å²) >= 11 is 5.91. The Morgan fingerprint density at radius 1 is 1.56 bits per heavy atom. The van der Waals surface area contributed by atoms with Gasteiger partial charge >= 0.3 is 0 Å². The van der Waals surface area contributed by atoms with E-state index >= 15 is 0 Å². The van der Waals surface area contributed by atoms with Crippen molar-refractivity contribution < 1.29 is 9.13 Å². The fraction of sp³-hybridized carbons (Fsp3) is 0.364. The first-order valence-electron chi connectivity index (χ1n) is 5.05. The quantitative estimate of drug-likeness (QED) is 0.883. The van der Waals surface area contributed by atoms with Gasteiger partial charge in [0.05, 0.1) is 6.04 Å². The molecule has 1 aromatic carbocycles. The van der Waals surface area contributed by atoms with Crippen LogP contribution in [0.2, 0.25) is 5.02 Å². The summed E-state index contributed by atoms with van der Waals surface area (Å²) in [6.07, 6.45) is 1.54. The number of nitrogens with two attached hydrogens (primary N) is 1. The summed E-state index contributed by atoms with van der Waals surface area (Å²) < 4.78 is 17.8. The van der Waals surface area contributed by atoms with Crippen LogP contribution in [0.25, 0.3) is 0 Å². The number of nitrogens with zero attached hydrogens (tertiary/aromatic N) is 1. The second-order valence-electron chi connectivity index (χ2n) is 3.71. The summed E-state index contributed by atoms with van der Waals surface area (Å²) in [5.74, 6) is -0.319. The number of halogens is 2. The number of hydrogen-bond acceptors (Lipinski definition) is 3. The molecule has 0 unspecified atom stereocenters. The third-order valence-electron chi connectivity index (χ3n) is 2.50. The molecule has 0 saturated carbocycles. The van der Waals surface area contributed by atoms with Crippen LogP contribution in [0.3, 0.4) is 0 Å². The van der Waals surface area contributed by atoms with Crippen molar-refractivity contribution >= 4 is 17.6 Å². The molecular formula is C11H12ClFN2O. The molecule has 1 aromatic rings. The Labute approximate surface area is 98.1 Å². The van der Waals surface area contributed by atoms with Crippen LogP contribution in [0.15, 0.2) is 23.2 Å². The fourth-order valence-electron chi connectivity index (χ4n) is 1.63. The number of benzene rings is 1. The first kappa shape index (κ1) is 11.2. The molecule has 0 saturated heterocycles. The monoisotopic (exact) mass is 242 g/mol. The van der Waals surface area contributed by atoms with Gasteiger partial charge in [-0.25, -0.2) is 9.38 Å². The zero-order valence-corrected chi connectivity index (χ0v) is 9.38. The topological polar surface area (TPSA) is 47.6 Å². The van der Waals surface area contributed by atoms with Crippen molar-refractivity contribution in [2.24, 2.45) is 10.7 Å². The van der Waals surface area contributed by atoms with Crippen molar-refractivity contribution in [3.63, 3.8) is 0 Å². The smallest absolute Gasteiger partial charge is 0.282 e. The fourth-order valence-corrected chi connectivity index (χ4v) is 1.89. The van der Waals surface area contributed by atoms with E-state index in [0.29, 0.717) is 11.6 Å². The molecule has 0 spiro atoms. The largest absolute Gasteiger partial charge is 0.463 e. The molecule has 2 rings (SSSR count). The van der Waals surface area contributed by atoms with Crippen molar-refractivity contribution in [3.8, 4) is 0 Å². The average molecular weight is 243 g/mol. The molecule has 2 N–H and O–H groups in total. The van der Waals surface area contributed by atoms with E-state index in [2.05, 4.69) is 4.99 Å². The summed E-state index contributed by atoms with van der Waals surface area (Å²) in [5, 5.41) is 0.455. The molecule has 5 heteroatoms. The minimum atomic E-state index is -0.319. The highest BCUT2D eigenvalue weighted by atomic mass is 35.5. The first-order chi connectivity index (χ1) is 7.65. The minimum Gasteiger partial charge on any atom is -0.463 e. The van der Waals surface area contributed by atoms with E-state index in [-0.39, 0.29) is 17.9 Å². The van der Waals surface area contributed by atoms with Gasteiger partial charge in [0.15, 0.2) is 0 Å². The van der Waals surface area contributed by atoms with E-state index in [1.807, 2.05) is 0 Å². The van der Waals surface area contributed by atoms with Gasteiger partial charge < -0.3 is 10.5 Å². The summed E-state index contributed by atoms with van der Waals surface area (Å²) in [6.45, 7) is 0.518. The van der Waals surface area contributed by atoms with E-state index in [9.17, 15) is 4.39 Å². The second kappa shape index (κ2) is 4.70. The van der Waals surface area contributed by atoms with Gasteiger partial charge in [0.25, 0.3) is 6.02 Å². The molecule has 86 valence electrons. The highest BCUT2D eigenvalue weighted by Crippen LogP contribution is 2.20. The maximum atomic E-state index is 12.8. The Hall–Kier alpha value is -1.29. The van der Waals surface area contributed by atoms with E-state index in [1.54, 1.807) is 6.07 Å². The SMILES string of the molecule is NC1=N[C@@H](CCc2ccc(F)cc2Cl)CO1. The van der Waals surface area contributed by atoms with Gasteiger partial charge in [0.2, 0.25) is 0 Å². The van der Waals surface area contributed by atoms with E-state index in [0.717, 1.165) is 18.4 Å². The highest BCUT2D eigenvalue weighted by molar-refractivity contribution is 6.31. The van der Waals surface area contributed by atoms with Crippen LogP contribution in [0.1, 0.15) is 12.0 Å². The Bertz CT molecular complexity index is 422. The molecule has 0 aliphatic carbocycles. The zero-order chi connectivity index (χ0) is 11.5. The van der Waals surface area contributed by atoms with E-state index in [1.165, 1.54) is 12.1 Å². The van der Waals surface area contributed by atoms with Crippen molar-refractivity contribution in [2.45, 2.75) is 18.9 Å². The van der Waals surface area contributed by atoms with Gasteiger partial charge in [-0.3, -0.25) is 0 Å². The van der Waals surface area contributed by atoms with Crippen molar-refractivity contribution in [1.29, 1.82) is 0 Å². The highest BCUT2D eigenvalue weighted by Gasteiger charge is 2.16. The predicted molar refractivity (Wildman–Crippen MR) is 61.1 cm³/mol. The van der Waals surface area contributed by atoms with Crippen LogP contribution in [0.5, 0.6) is 0 Å². The Balaban J connectivity index is 1.95. The molecule has 0 amide bonds. The third kappa shape index (κ3) is 2.64. The lowest BCUT2D eigenvalue weighted by Crippen LogP contribution is -2.10. The maximum absolute atomic E-state index is 12.8. The van der Waals surface area contributed by atoms with Crippen LogP contribution in [-0.2, 0) is 11.2 Å². The van der Waals surface area contributed by atoms with E-state index in [4.69, 9.17) is 22.1 Å². The van der Waals surface area contributed by atoms with Crippen molar-refractivity contribution in [3.05, 3.63) is 34.6 Å². The molecule has 0 fully saturated rings. The van der Waals surface area contributed by atoms with Crippen LogP contribution >= 0.6 is 11.6 Å². The first-order valence-corrected chi connectivity index (χ1v) is 5.43. The summed E-state index contributed by atoms with van der Waals surface area (Å²) in [5.41, 5.74) is 6.32. The van der Waals surface area contributed by atoms with E-state index < -0.39 is 0 Å². The summed E-state index contributed by atoms with van der Waals surface area (Å²) in [4.78, 5) is 4.11. The van der Waals surface area contributed by atoms with Gasteiger partial charge in [0, 0.05) is 5.02 Å². The summed E-state index contributed by atoms with van der Waals surface area (Å²) in [7, 11) is 0. The van der Waals surface area contributed by atoms with Gasteiger partial charge in [-0.05, 0) is 30.5 Å². The molecule has 1 heterocycles. The number of hydrogen-bond donors (Lipinski definition) is 1. The zero-order valence-electron chi connectivity index (χ0n) is 8.62. The van der Waals surface area contributed by atoms with Crippen LogP contribution < -0.4 is 5.73 Å². The van der Waals surface area contributed by atoms with Gasteiger partial charge in [0.1, 0.15) is 12.4 Å². The van der Waals surface area contributed by atoms with Crippen LogP contribution in [0, 0.1) is 5.82 Å². The van der Waals surface area contributed by atoms with Crippen molar-refractivity contribution in [2.75, 3.05) is 6.61 Å². The average Bonchev–Trinajstić information content (AvgIpc) is 2.63. The number of aryl methyl sites for hydroxylation is 1. The molecule has 16 heavy (non-hydrogen) atoms. The van der Waals surface area contributed by atoms with Gasteiger partial charge in [-0.2, -0.15) is 0 Å². The molecule has 1 aliphatic rings. The standard InChI is InChI=1S/C11H12ClFN2O/c12-10-5-8(13)3-1-7(10)2-4-9-6-16-11(14)15-9/h1,3,5,9H,2,4,6H2,(H2,14,15)/t9-/m0/s1. The van der Waals surface area contributed by atoms with Gasteiger partial charge in [-0.1, -0.05) is 17.7 Å². The Morgan fingerprint density at radius 2 is 2.38 bits per heavy atom. The predicted octanol–water partition coefficient (Wildman–Crippen LogP) is 2.13. The molecule has 1 atom stereocenters. The van der Waals surface area contributed by atoms with Gasteiger partial charge in [-0.15, -0.1) is 0 Å². The molecule has 3 nitrogen and oxygen atoms in total. The molecule has 0 bridgehead atoms. The number of rotatable bonds is 3. The van der Waals surface area contributed by atoms with Crippen LogP contribution in [-0.4, -0.2) is 18.7 Å². The lowest BCUT2D eigenvalue weighted by molar-refractivity contribution is 0.308. The lowest BCUT2D eigenvalue weighted by atomic mass is 10.1. The molecule has 0 aromatic heterocycles. The number of aliphatic imine (C=N–C) groups is 1. The normalized spacial score (nSPS) is 19.4. The minimum absolute atomic E-state index is 0.0844. The Morgan fingerprint density at radius 3 is 3.00 bits per heavy atom.